The van der Waals surface area contributed by atoms with E-state index < -0.39 is 5.97 Å². The Hall–Kier alpha value is -1.78. The molecule has 0 aromatic carbocycles. The van der Waals surface area contributed by atoms with Crippen molar-refractivity contribution in [2.24, 2.45) is 0 Å². The maximum absolute atomic E-state index is 12.1. The molecule has 1 rings (SSSR count). The van der Waals surface area contributed by atoms with Crippen LogP contribution in [0.1, 0.15) is 140 Å². The maximum atomic E-state index is 12.1. The molecule has 0 aliphatic rings. The summed E-state index contributed by atoms with van der Waals surface area (Å²) < 4.78 is 15.9. The minimum absolute atomic E-state index is 0.262. The second-order valence-corrected chi connectivity index (χ2v) is 9.13. The van der Waals surface area contributed by atoms with Gasteiger partial charge >= 0.3 is 5.97 Å². The van der Waals surface area contributed by atoms with E-state index in [1.165, 1.54) is 89.7 Å². The number of ether oxygens (including phenoxy) is 2. The standard InChI is InChI=1S/C28H48O5/c1-3-5-7-8-9-10-11-12-13-14-15-16-17-18-19-21-32-28-22-25(24-33-28)26(29)23-27(30)31-20-6-4-2/h22,24H,3-21,23H2,1-2H3. The number of carbonyl (C=O) groups excluding carboxylic acids is 2. The van der Waals surface area contributed by atoms with Crippen LogP contribution in [0.4, 0.5) is 0 Å². The molecule has 0 aliphatic heterocycles. The number of ketones is 1. The van der Waals surface area contributed by atoms with Crippen LogP contribution in [-0.2, 0) is 9.53 Å². The van der Waals surface area contributed by atoms with Gasteiger partial charge in [0.1, 0.15) is 12.7 Å². The Balaban J connectivity index is 1.93. The van der Waals surface area contributed by atoms with Gasteiger partial charge in [-0.3, -0.25) is 9.59 Å². The molecule has 33 heavy (non-hydrogen) atoms. The molecule has 1 aromatic rings. The summed E-state index contributed by atoms with van der Waals surface area (Å²) in [5.41, 5.74) is 0.355. The summed E-state index contributed by atoms with van der Waals surface area (Å²) in [5.74, 6) is -0.458. The van der Waals surface area contributed by atoms with Crippen LogP contribution < -0.4 is 4.74 Å². The molecule has 0 saturated heterocycles. The van der Waals surface area contributed by atoms with E-state index in [4.69, 9.17) is 13.9 Å². The minimum Gasteiger partial charge on any atom is -0.465 e. The van der Waals surface area contributed by atoms with Gasteiger partial charge in [0, 0.05) is 6.07 Å². The number of hydrogen-bond donors (Lipinski definition) is 0. The monoisotopic (exact) mass is 464 g/mol. The number of esters is 1. The lowest BCUT2D eigenvalue weighted by atomic mass is 10.0. The minimum atomic E-state index is -0.491. The molecule has 5 nitrogen and oxygen atoms in total. The predicted molar refractivity (Wildman–Crippen MR) is 134 cm³/mol. The normalized spacial score (nSPS) is 11.0. The van der Waals surface area contributed by atoms with Gasteiger partial charge in [-0.05, 0) is 12.8 Å². The van der Waals surface area contributed by atoms with Crippen molar-refractivity contribution < 1.29 is 23.5 Å². The lowest BCUT2D eigenvalue weighted by molar-refractivity contribution is -0.142. The second-order valence-electron chi connectivity index (χ2n) is 9.13. The van der Waals surface area contributed by atoms with E-state index >= 15 is 0 Å². The first kappa shape index (κ1) is 29.3. The smallest absolute Gasteiger partial charge is 0.313 e. The SMILES string of the molecule is CCCCCCCCCCCCCCCCCOc1cc(C(=O)CC(=O)OCCCC)co1. The molecule has 0 aliphatic carbocycles. The number of Topliss-reactive ketones (excluding diaryl/α,β-unsaturated/α-hetero) is 1. The van der Waals surface area contributed by atoms with E-state index in [1.54, 1.807) is 6.07 Å². The zero-order valence-electron chi connectivity index (χ0n) is 21.3. The molecule has 0 radical (unpaired) electrons. The van der Waals surface area contributed by atoms with E-state index in [9.17, 15) is 9.59 Å². The molecular weight excluding hydrogens is 416 g/mol. The molecule has 1 heterocycles. The van der Waals surface area contributed by atoms with Crippen molar-refractivity contribution in [3.8, 4) is 5.95 Å². The van der Waals surface area contributed by atoms with Gasteiger partial charge in [-0.25, -0.2) is 0 Å². The van der Waals surface area contributed by atoms with E-state index in [0.29, 0.717) is 24.7 Å². The Morgan fingerprint density at radius 3 is 1.76 bits per heavy atom. The van der Waals surface area contributed by atoms with Gasteiger partial charge in [-0.1, -0.05) is 110 Å². The average Bonchev–Trinajstić information content (AvgIpc) is 3.28. The fourth-order valence-electron chi connectivity index (χ4n) is 3.80. The zero-order chi connectivity index (χ0) is 24.0. The summed E-state index contributed by atoms with van der Waals surface area (Å²) in [4.78, 5) is 23.7. The third-order valence-electron chi connectivity index (χ3n) is 5.96. The third kappa shape index (κ3) is 16.5. The zero-order valence-corrected chi connectivity index (χ0v) is 21.3. The lowest BCUT2D eigenvalue weighted by Gasteiger charge is -2.04. The molecule has 0 bridgehead atoms. The molecule has 0 spiro atoms. The molecule has 0 atom stereocenters. The average molecular weight is 465 g/mol. The van der Waals surface area contributed by atoms with Crippen LogP contribution in [0, 0.1) is 0 Å². The van der Waals surface area contributed by atoms with Crippen molar-refractivity contribution in [2.75, 3.05) is 13.2 Å². The van der Waals surface area contributed by atoms with Crippen molar-refractivity contribution in [2.45, 2.75) is 129 Å². The number of carbonyl (C=O) groups is 2. The van der Waals surface area contributed by atoms with Crippen LogP contribution in [0.15, 0.2) is 16.7 Å². The van der Waals surface area contributed by atoms with Crippen molar-refractivity contribution in [1.82, 2.24) is 0 Å². The van der Waals surface area contributed by atoms with Gasteiger partial charge in [0.2, 0.25) is 0 Å². The molecular formula is C28H48O5. The predicted octanol–water partition coefficient (Wildman–Crippen LogP) is 8.45. The first-order chi connectivity index (χ1) is 16.2. The fourth-order valence-corrected chi connectivity index (χ4v) is 3.80. The van der Waals surface area contributed by atoms with E-state index in [-0.39, 0.29) is 12.2 Å². The summed E-state index contributed by atoms with van der Waals surface area (Å²) in [6.07, 6.45) is 22.8. The van der Waals surface area contributed by atoms with Gasteiger partial charge in [0.25, 0.3) is 5.95 Å². The van der Waals surface area contributed by atoms with Crippen LogP contribution in [0.5, 0.6) is 5.95 Å². The van der Waals surface area contributed by atoms with E-state index in [1.807, 2.05) is 6.92 Å². The number of rotatable bonds is 23. The van der Waals surface area contributed by atoms with Gasteiger partial charge in [0.15, 0.2) is 5.78 Å². The Kier molecular flexibility index (Phi) is 18.4. The summed E-state index contributed by atoms with van der Waals surface area (Å²) in [5, 5.41) is 0. The Morgan fingerprint density at radius 2 is 1.21 bits per heavy atom. The quantitative estimate of drug-likeness (QED) is 0.0703. The highest BCUT2D eigenvalue weighted by molar-refractivity contribution is 6.05. The van der Waals surface area contributed by atoms with E-state index in [0.717, 1.165) is 25.7 Å². The number of hydrogen-bond acceptors (Lipinski definition) is 5. The van der Waals surface area contributed by atoms with Gasteiger partial charge in [0.05, 0.1) is 18.8 Å². The Bertz CT molecular complexity index is 607. The van der Waals surface area contributed by atoms with Gasteiger partial charge < -0.3 is 13.9 Å². The second kappa shape index (κ2) is 20.8. The number of unbranched alkanes of at least 4 members (excludes halogenated alkanes) is 15. The number of furan rings is 1. The van der Waals surface area contributed by atoms with Crippen molar-refractivity contribution >= 4 is 11.8 Å². The summed E-state index contributed by atoms with van der Waals surface area (Å²) in [7, 11) is 0. The molecule has 5 heteroatoms. The highest BCUT2D eigenvalue weighted by atomic mass is 16.6. The van der Waals surface area contributed by atoms with Crippen LogP contribution in [0.2, 0.25) is 0 Å². The third-order valence-corrected chi connectivity index (χ3v) is 5.96. The first-order valence-electron chi connectivity index (χ1n) is 13.6. The van der Waals surface area contributed by atoms with Crippen LogP contribution >= 0.6 is 0 Å². The van der Waals surface area contributed by atoms with Gasteiger partial charge in [-0.15, -0.1) is 0 Å². The Morgan fingerprint density at radius 1 is 0.697 bits per heavy atom. The van der Waals surface area contributed by atoms with E-state index in [2.05, 4.69) is 6.92 Å². The molecule has 0 amide bonds. The molecule has 190 valence electrons. The topological polar surface area (TPSA) is 65.7 Å². The summed E-state index contributed by atoms with van der Waals surface area (Å²) >= 11 is 0. The lowest BCUT2D eigenvalue weighted by Crippen LogP contribution is -2.11. The summed E-state index contributed by atoms with van der Waals surface area (Å²) in [6.45, 7) is 5.24. The highest BCUT2D eigenvalue weighted by Crippen LogP contribution is 2.18. The molecule has 0 unspecified atom stereocenters. The molecule has 1 aromatic heterocycles. The first-order valence-corrected chi connectivity index (χ1v) is 13.6. The van der Waals surface area contributed by atoms with Crippen LogP contribution in [0.25, 0.3) is 0 Å². The van der Waals surface area contributed by atoms with Crippen LogP contribution in [0.3, 0.4) is 0 Å². The molecule has 0 saturated carbocycles. The van der Waals surface area contributed by atoms with Crippen molar-refractivity contribution in [3.05, 3.63) is 17.9 Å². The fraction of sp³-hybridized carbons (Fsp3) is 0.786. The van der Waals surface area contributed by atoms with Crippen molar-refractivity contribution in [3.63, 3.8) is 0 Å². The summed E-state index contributed by atoms with van der Waals surface area (Å²) in [6, 6.07) is 1.56. The largest absolute Gasteiger partial charge is 0.465 e. The van der Waals surface area contributed by atoms with Crippen LogP contribution in [-0.4, -0.2) is 25.0 Å². The highest BCUT2D eigenvalue weighted by Gasteiger charge is 2.16. The van der Waals surface area contributed by atoms with Crippen molar-refractivity contribution in [1.29, 1.82) is 0 Å². The Labute approximate surface area is 202 Å². The molecule has 0 fully saturated rings. The maximum Gasteiger partial charge on any atom is 0.313 e. The van der Waals surface area contributed by atoms with Gasteiger partial charge in [-0.2, -0.15) is 0 Å². The molecule has 0 N–H and O–H groups in total.